The summed E-state index contributed by atoms with van der Waals surface area (Å²) in [6.45, 7) is 4.34. The van der Waals surface area contributed by atoms with Crippen LogP contribution in [0.2, 0.25) is 5.02 Å². The summed E-state index contributed by atoms with van der Waals surface area (Å²) in [6, 6.07) is 2.76. The molecular formula is C23H26ClF3N4O3S. The van der Waals surface area contributed by atoms with Gasteiger partial charge < -0.3 is 10.1 Å². The van der Waals surface area contributed by atoms with Crippen LogP contribution >= 0.6 is 23.4 Å². The zero-order valence-corrected chi connectivity index (χ0v) is 20.6. The number of hydrogen-bond acceptors (Lipinski definition) is 6. The molecule has 2 aliphatic rings. The molecule has 12 heteroatoms. The summed E-state index contributed by atoms with van der Waals surface area (Å²) in [5, 5.41) is 2.96. The van der Waals surface area contributed by atoms with Gasteiger partial charge >= 0.3 is 11.9 Å². The van der Waals surface area contributed by atoms with E-state index >= 15 is 0 Å². The summed E-state index contributed by atoms with van der Waals surface area (Å²) in [5.74, 6) is -0.637. The van der Waals surface area contributed by atoms with E-state index in [2.05, 4.69) is 15.2 Å². The fraction of sp³-hybridized carbons (Fsp3) is 0.522. The van der Waals surface area contributed by atoms with Crippen molar-refractivity contribution >= 4 is 35.0 Å². The first kappa shape index (κ1) is 26.0. The molecule has 0 radical (unpaired) electrons. The van der Waals surface area contributed by atoms with Crippen molar-refractivity contribution in [3.05, 3.63) is 50.5 Å². The predicted molar refractivity (Wildman–Crippen MR) is 128 cm³/mol. The molecule has 1 N–H and O–H groups in total. The number of anilines is 1. The van der Waals surface area contributed by atoms with Crippen molar-refractivity contribution in [2.45, 2.75) is 43.4 Å². The quantitative estimate of drug-likeness (QED) is 0.433. The fourth-order valence-electron chi connectivity index (χ4n) is 4.28. The first-order valence-corrected chi connectivity index (χ1v) is 12.8. The Hall–Kier alpha value is -2.08. The van der Waals surface area contributed by atoms with Crippen LogP contribution in [0, 0.1) is 0 Å². The van der Waals surface area contributed by atoms with E-state index in [-0.39, 0.29) is 22.2 Å². The normalized spacial score (nSPS) is 16.7. The Labute approximate surface area is 210 Å². The van der Waals surface area contributed by atoms with E-state index in [1.54, 1.807) is 4.57 Å². The second-order valence-corrected chi connectivity index (χ2v) is 9.84. The highest BCUT2D eigenvalue weighted by atomic mass is 35.5. The molecule has 1 aliphatic carbocycles. The second-order valence-electron chi connectivity index (χ2n) is 8.47. The van der Waals surface area contributed by atoms with Gasteiger partial charge in [0, 0.05) is 37.4 Å². The highest BCUT2D eigenvalue weighted by Gasteiger charge is 2.31. The molecular weight excluding hydrogens is 505 g/mol. The number of carbonyl (C=O) groups is 1. The second kappa shape index (κ2) is 11.3. The maximum absolute atomic E-state index is 13.0. The number of benzene rings is 1. The molecule has 0 atom stereocenters. The molecule has 0 unspecified atom stereocenters. The minimum atomic E-state index is -4.55. The number of fused-ring (bicyclic) bond motifs is 1. The molecule has 7 nitrogen and oxygen atoms in total. The molecule has 0 bridgehead atoms. The first-order chi connectivity index (χ1) is 16.7. The summed E-state index contributed by atoms with van der Waals surface area (Å²) < 4.78 is 46.1. The van der Waals surface area contributed by atoms with Gasteiger partial charge in [0.15, 0.2) is 0 Å². The Bertz CT molecular complexity index is 1140. The van der Waals surface area contributed by atoms with Gasteiger partial charge in [0.1, 0.15) is 5.03 Å². The molecule has 0 spiro atoms. The van der Waals surface area contributed by atoms with Crippen LogP contribution in [0.1, 0.15) is 29.7 Å². The number of carbonyl (C=O) groups excluding carboxylic acids is 1. The summed E-state index contributed by atoms with van der Waals surface area (Å²) >= 11 is 7.09. The lowest BCUT2D eigenvalue weighted by atomic mass is 9.97. The van der Waals surface area contributed by atoms with Crippen LogP contribution in [0.3, 0.4) is 0 Å². The van der Waals surface area contributed by atoms with Crippen LogP contribution < -0.4 is 11.0 Å². The topological polar surface area (TPSA) is 76.5 Å². The van der Waals surface area contributed by atoms with E-state index in [4.69, 9.17) is 16.3 Å². The van der Waals surface area contributed by atoms with E-state index in [0.717, 1.165) is 86.5 Å². The molecule has 2 heterocycles. The molecule has 190 valence electrons. The SMILES string of the molecule is O=C(CSc1nc(=O)n(CCN2CCOCC2)c2c1CCCC2)Nc1cc(C(F)(F)F)ccc1Cl. The van der Waals surface area contributed by atoms with Crippen molar-refractivity contribution in [1.29, 1.82) is 0 Å². The van der Waals surface area contributed by atoms with Gasteiger partial charge in [-0.2, -0.15) is 18.2 Å². The van der Waals surface area contributed by atoms with Crippen LogP contribution in [0.25, 0.3) is 0 Å². The fourth-order valence-corrected chi connectivity index (χ4v) is 5.32. The molecule has 0 saturated carbocycles. The number of halogens is 4. The van der Waals surface area contributed by atoms with Gasteiger partial charge in [-0.15, -0.1) is 0 Å². The molecule has 2 aromatic rings. The Morgan fingerprint density at radius 3 is 2.66 bits per heavy atom. The molecule has 1 amide bonds. The number of thioether (sulfide) groups is 1. The van der Waals surface area contributed by atoms with Crippen molar-refractivity contribution in [2.75, 3.05) is 43.9 Å². The van der Waals surface area contributed by atoms with E-state index in [0.29, 0.717) is 24.8 Å². The molecule has 1 aliphatic heterocycles. The lowest BCUT2D eigenvalue weighted by molar-refractivity contribution is -0.137. The molecule has 4 rings (SSSR count). The van der Waals surface area contributed by atoms with Crippen molar-refractivity contribution in [1.82, 2.24) is 14.5 Å². The number of rotatable bonds is 7. The lowest BCUT2D eigenvalue weighted by Crippen LogP contribution is -2.40. The number of alkyl halides is 3. The van der Waals surface area contributed by atoms with Crippen LogP contribution in [0.4, 0.5) is 18.9 Å². The monoisotopic (exact) mass is 530 g/mol. The number of aromatic nitrogens is 2. The summed E-state index contributed by atoms with van der Waals surface area (Å²) in [7, 11) is 0. The predicted octanol–water partition coefficient (Wildman–Crippen LogP) is 3.86. The van der Waals surface area contributed by atoms with E-state index in [1.165, 1.54) is 0 Å². The standard InChI is InChI=1S/C23H26ClF3N4O3S/c24-17-6-5-15(23(25,26)27)13-18(17)28-20(32)14-35-21-16-3-1-2-4-19(16)31(22(33)29-21)8-7-30-9-11-34-12-10-30/h5-6,13H,1-4,7-12,14H2,(H,28,32). The van der Waals surface area contributed by atoms with Crippen LogP contribution in [0.5, 0.6) is 0 Å². The van der Waals surface area contributed by atoms with Crippen LogP contribution in [0.15, 0.2) is 28.0 Å². The Morgan fingerprint density at radius 2 is 1.91 bits per heavy atom. The minimum absolute atomic E-state index is 0.00900. The summed E-state index contributed by atoms with van der Waals surface area (Å²) in [4.78, 5) is 31.9. The van der Waals surface area contributed by atoms with Crippen LogP contribution in [-0.4, -0.2) is 59.0 Å². The number of nitrogens with one attached hydrogen (secondary N) is 1. The first-order valence-electron chi connectivity index (χ1n) is 11.4. The molecule has 35 heavy (non-hydrogen) atoms. The van der Waals surface area contributed by atoms with E-state index < -0.39 is 17.6 Å². The number of nitrogens with zero attached hydrogens (tertiary/aromatic N) is 3. The number of hydrogen-bond donors (Lipinski definition) is 1. The highest BCUT2D eigenvalue weighted by Crippen LogP contribution is 2.34. The van der Waals surface area contributed by atoms with Crippen molar-refractivity contribution in [2.24, 2.45) is 0 Å². The Morgan fingerprint density at radius 1 is 1.17 bits per heavy atom. The molecule has 1 aromatic carbocycles. The van der Waals surface area contributed by atoms with Crippen LogP contribution in [-0.2, 0) is 35.1 Å². The maximum Gasteiger partial charge on any atom is 0.416 e. The zero-order valence-electron chi connectivity index (χ0n) is 19.0. The molecule has 1 saturated heterocycles. The van der Waals surface area contributed by atoms with Gasteiger partial charge in [0.05, 0.1) is 35.2 Å². The minimum Gasteiger partial charge on any atom is -0.379 e. The molecule has 1 fully saturated rings. The van der Waals surface area contributed by atoms with Gasteiger partial charge in [-0.1, -0.05) is 23.4 Å². The average molecular weight is 531 g/mol. The van der Waals surface area contributed by atoms with Gasteiger partial charge in [-0.3, -0.25) is 14.3 Å². The van der Waals surface area contributed by atoms with Gasteiger partial charge in [0.2, 0.25) is 5.91 Å². The van der Waals surface area contributed by atoms with Crippen molar-refractivity contribution in [3.8, 4) is 0 Å². The van der Waals surface area contributed by atoms with Gasteiger partial charge in [-0.05, 0) is 43.9 Å². The summed E-state index contributed by atoms with van der Waals surface area (Å²) in [5.41, 5.74) is 0.589. The number of ether oxygens (including phenoxy) is 1. The number of morpholine rings is 1. The highest BCUT2D eigenvalue weighted by molar-refractivity contribution is 8.00. The van der Waals surface area contributed by atoms with E-state index in [9.17, 15) is 22.8 Å². The lowest BCUT2D eigenvalue weighted by Gasteiger charge is -2.28. The number of amides is 1. The van der Waals surface area contributed by atoms with E-state index in [1.807, 2.05) is 0 Å². The van der Waals surface area contributed by atoms with Gasteiger partial charge in [0.25, 0.3) is 0 Å². The average Bonchev–Trinajstić information content (AvgIpc) is 2.83. The smallest absolute Gasteiger partial charge is 0.379 e. The molecule has 1 aromatic heterocycles. The third-order valence-corrected chi connectivity index (χ3v) is 7.45. The summed E-state index contributed by atoms with van der Waals surface area (Å²) in [6.07, 6.45) is -1.06. The van der Waals surface area contributed by atoms with Crippen molar-refractivity contribution in [3.63, 3.8) is 0 Å². The maximum atomic E-state index is 13.0. The zero-order chi connectivity index (χ0) is 25.0. The Balaban J connectivity index is 1.45. The van der Waals surface area contributed by atoms with Crippen molar-refractivity contribution < 1.29 is 22.7 Å². The third kappa shape index (κ3) is 6.58. The Kier molecular flexibility index (Phi) is 8.41. The largest absolute Gasteiger partial charge is 0.416 e. The third-order valence-electron chi connectivity index (χ3n) is 6.10. The van der Waals surface area contributed by atoms with Gasteiger partial charge in [-0.25, -0.2) is 4.79 Å².